The summed E-state index contributed by atoms with van der Waals surface area (Å²) in [5.74, 6) is -1.37. The van der Waals surface area contributed by atoms with E-state index in [2.05, 4.69) is 4.98 Å². The number of pyridine rings is 1. The highest BCUT2D eigenvalue weighted by molar-refractivity contribution is 5.73. The van der Waals surface area contributed by atoms with Crippen LogP contribution in [0.3, 0.4) is 0 Å². The molecule has 0 bridgehead atoms. The molecule has 0 radical (unpaired) electrons. The fourth-order valence-electron chi connectivity index (χ4n) is 3.42. The van der Waals surface area contributed by atoms with E-state index in [1.807, 2.05) is 17.0 Å². The summed E-state index contributed by atoms with van der Waals surface area (Å²) in [4.78, 5) is 19.1. The van der Waals surface area contributed by atoms with Crippen LogP contribution in [0.2, 0.25) is 0 Å². The molecule has 2 aliphatic heterocycles. The summed E-state index contributed by atoms with van der Waals surface area (Å²) in [5.41, 5.74) is 6.92. The largest absolute Gasteiger partial charge is 0.384 e. The van der Waals surface area contributed by atoms with Crippen molar-refractivity contribution < 1.29 is 13.6 Å². The third kappa shape index (κ3) is 3.54. The van der Waals surface area contributed by atoms with E-state index in [1.165, 1.54) is 0 Å². The van der Waals surface area contributed by atoms with Gasteiger partial charge in [0.2, 0.25) is 5.91 Å². The van der Waals surface area contributed by atoms with Crippen molar-refractivity contribution in [2.75, 3.05) is 36.8 Å². The van der Waals surface area contributed by atoms with E-state index in [4.69, 9.17) is 5.73 Å². The van der Waals surface area contributed by atoms with Crippen molar-refractivity contribution in [3.8, 4) is 0 Å². The van der Waals surface area contributed by atoms with Gasteiger partial charge in [-0.1, -0.05) is 0 Å². The molecule has 0 aliphatic carbocycles. The lowest BCUT2D eigenvalue weighted by molar-refractivity contribution is -0.129. The first-order chi connectivity index (χ1) is 10.8. The molecule has 2 fully saturated rings. The van der Waals surface area contributed by atoms with Crippen molar-refractivity contribution >= 4 is 17.5 Å². The highest BCUT2D eigenvalue weighted by atomic mass is 19.3. The van der Waals surface area contributed by atoms with Gasteiger partial charge >= 0.3 is 0 Å². The number of amides is 1. The second-order valence-electron chi connectivity index (χ2n) is 6.49. The summed E-state index contributed by atoms with van der Waals surface area (Å²) in [5, 5.41) is 0. The molecule has 2 N–H and O–H groups in total. The van der Waals surface area contributed by atoms with Crippen LogP contribution in [-0.4, -0.2) is 47.9 Å². The normalized spacial score (nSPS) is 21.7. The van der Waals surface area contributed by atoms with Gasteiger partial charge in [-0.05, 0) is 36.5 Å². The Morgan fingerprint density at radius 3 is 2.57 bits per heavy atom. The molecule has 1 amide bonds. The Labute approximate surface area is 134 Å². The van der Waals surface area contributed by atoms with Gasteiger partial charge in [-0.3, -0.25) is 4.79 Å². The minimum absolute atomic E-state index is 0.0951. The Hall–Kier alpha value is -1.92. The quantitative estimate of drug-likeness (QED) is 0.906. The average Bonchev–Trinajstić information content (AvgIpc) is 2.87. The smallest absolute Gasteiger partial charge is 0.266 e. The van der Waals surface area contributed by atoms with E-state index in [0.29, 0.717) is 18.2 Å². The lowest BCUT2D eigenvalue weighted by atomic mass is 9.89. The zero-order valence-electron chi connectivity index (χ0n) is 13.3. The number of rotatable bonds is 2. The fourth-order valence-corrected chi connectivity index (χ4v) is 3.42. The second kappa shape index (κ2) is 5.94. The first kappa shape index (κ1) is 16.0. The van der Waals surface area contributed by atoms with Gasteiger partial charge < -0.3 is 15.5 Å². The molecule has 23 heavy (non-hydrogen) atoms. The van der Waals surface area contributed by atoms with Gasteiger partial charge in [-0.2, -0.15) is 0 Å². The van der Waals surface area contributed by atoms with Crippen LogP contribution in [0.1, 0.15) is 37.7 Å². The van der Waals surface area contributed by atoms with Crippen LogP contribution >= 0.6 is 0 Å². The molecule has 0 atom stereocenters. The number of halogens is 2. The van der Waals surface area contributed by atoms with Crippen LogP contribution in [0.25, 0.3) is 0 Å². The van der Waals surface area contributed by atoms with Gasteiger partial charge in [0.15, 0.2) is 0 Å². The third-order valence-corrected chi connectivity index (χ3v) is 4.76. The monoisotopic (exact) mass is 324 g/mol. The predicted octanol–water partition coefficient (Wildman–Crippen LogP) is 2.24. The lowest BCUT2D eigenvalue weighted by Gasteiger charge is -2.32. The number of hydrogen-bond donors (Lipinski definition) is 1. The van der Waals surface area contributed by atoms with E-state index in [-0.39, 0.29) is 24.8 Å². The number of aromatic nitrogens is 1. The summed E-state index contributed by atoms with van der Waals surface area (Å²) in [7, 11) is 0. The Balaban J connectivity index is 1.75. The molecule has 3 rings (SSSR count). The Bertz CT molecular complexity index is 600. The minimum atomic E-state index is -2.65. The number of hydrogen-bond acceptors (Lipinski definition) is 4. The minimum Gasteiger partial charge on any atom is -0.384 e. The van der Waals surface area contributed by atoms with Crippen LogP contribution in [0.5, 0.6) is 0 Å². The molecule has 0 spiro atoms. The van der Waals surface area contributed by atoms with E-state index < -0.39 is 5.92 Å². The van der Waals surface area contributed by atoms with E-state index in [9.17, 15) is 13.6 Å². The van der Waals surface area contributed by atoms with E-state index >= 15 is 0 Å². The molecule has 0 saturated carbocycles. The summed E-state index contributed by atoms with van der Waals surface area (Å²) in [6.45, 7) is 3.02. The second-order valence-corrected chi connectivity index (χ2v) is 6.49. The van der Waals surface area contributed by atoms with Crippen LogP contribution in [0.4, 0.5) is 20.4 Å². The fraction of sp³-hybridized carbons (Fsp3) is 0.625. The molecular formula is C16H22F2N4O. The number of carbonyl (C=O) groups is 1. The molecule has 1 aromatic heterocycles. The Morgan fingerprint density at radius 1 is 1.30 bits per heavy atom. The standard InChI is InChI=1S/C16H22F2N4O/c1-11(23)21-5-2-12(3-6-21)13-8-14(19)20-15(9-13)22-7-4-16(17,18)10-22/h8-9,12H,2-7,10H2,1H3,(H2,19,20). The number of alkyl halides is 2. The predicted molar refractivity (Wildman–Crippen MR) is 84.7 cm³/mol. The summed E-state index contributed by atoms with van der Waals surface area (Å²) >= 11 is 0. The maximum Gasteiger partial charge on any atom is 0.266 e. The summed E-state index contributed by atoms with van der Waals surface area (Å²) < 4.78 is 26.8. The third-order valence-electron chi connectivity index (χ3n) is 4.76. The number of likely N-dealkylation sites (tertiary alicyclic amines) is 1. The van der Waals surface area contributed by atoms with Crippen molar-refractivity contribution in [3.63, 3.8) is 0 Å². The van der Waals surface area contributed by atoms with Gasteiger partial charge in [-0.15, -0.1) is 0 Å². The molecule has 5 nitrogen and oxygen atoms in total. The zero-order valence-corrected chi connectivity index (χ0v) is 13.3. The summed E-state index contributed by atoms with van der Waals surface area (Å²) in [6.07, 6.45) is 1.58. The lowest BCUT2D eigenvalue weighted by Crippen LogP contribution is -2.36. The number of piperidine rings is 1. The van der Waals surface area contributed by atoms with E-state index in [1.54, 1.807) is 11.8 Å². The van der Waals surface area contributed by atoms with Crippen molar-refractivity contribution in [3.05, 3.63) is 17.7 Å². The van der Waals surface area contributed by atoms with Gasteiger partial charge in [-0.25, -0.2) is 13.8 Å². The molecule has 2 aliphatic rings. The molecule has 126 valence electrons. The van der Waals surface area contributed by atoms with Gasteiger partial charge in [0.1, 0.15) is 11.6 Å². The molecule has 1 aromatic rings. The summed E-state index contributed by atoms with van der Waals surface area (Å²) in [6, 6.07) is 3.71. The topological polar surface area (TPSA) is 62.5 Å². The molecule has 2 saturated heterocycles. The highest BCUT2D eigenvalue weighted by Crippen LogP contribution is 2.34. The Morgan fingerprint density at radius 2 is 2.00 bits per heavy atom. The maximum absolute atomic E-state index is 13.4. The molecule has 0 unspecified atom stereocenters. The van der Waals surface area contributed by atoms with Gasteiger partial charge in [0.05, 0.1) is 6.54 Å². The molecular weight excluding hydrogens is 302 g/mol. The van der Waals surface area contributed by atoms with Gasteiger partial charge in [0.25, 0.3) is 5.92 Å². The van der Waals surface area contributed by atoms with Crippen LogP contribution in [0.15, 0.2) is 12.1 Å². The number of nitrogens with zero attached hydrogens (tertiary/aromatic N) is 3. The van der Waals surface area contributed by atoms with Crippen LogP contribution < -0.4 is 10.6 Å². The number of nitrogen functional groups attached to an aromatic ring is 1. The van der Waals surface area contributed by atoms with Gasteiger partial charge in [0, 0.05) is 33.0 Å². The van der Waals surface area contributed by atoms with Crippen molar-refractivity contribution in [1.82, 2.24) is 9.88 Å². The maximum atomic E-state index is 13.4. The number of nitrogens with two attached hydrogens (primary N) is 1. The highest BCUT2D eigenvalue weighted by Gasteiger charge is 2.39. The Kier molecular flexibility index (Phi) is 4.12. The van der Waals surface area contributed by atoms with Crippen molar-refractivity contribution in [1.29, 1.82) is 0 Å². The van der Waals surface area contributed by atoms with Crippen molar-refractivity contribution in [2.45, 2.75) is 38.0 Å². The van der Waals surface area contributed by atoms with E-state index in [0.717, 1.165) is 31.5 Å². The molecule has 3 heterocycles. The average molecular weight is 324 g/mol. The number of carbonyl (C=O) groups excluding carboxylic acids is 1. The van der Waals surface area contributed by atoms with Crippen LogP contribution in [0, 0.1) is 0 Å². The molecule has 0 aromatic carbocycles. The van der Waals surface area contributed by atoms with Crippen LogP contribution in [-0.2, 0) is 4.79 Å². The SMILES string of the molecule is CC(=O)N1CCC(c2cc(N)nc(N3CCC(F)(F)C3)c2)CC1. The first-order valence-electron chi connectivity index (χ1n) is 8.00. The van der Waals surface area contributed by atoms with Crippen molar-refractivity contribution in [2.24, 2.45) is 0 Å². The molecule has 7 heteroatoms. The first-order valence-corrected chi connectivity index (χ1v) is 8.00. The zero-order chi connectivity index (χ0) is 16.6. The number of anilines is 2.